The molecule has 0 radical (unpaired) electrons. The van der Waals surface area contributed by atoms with Gasteiger partial charge in [0.25, 0.3) is 0 Å². The molecular weight excluding hydrogens is 372 g/mol. The molecule has 5 heteroatoms. The van der Waals surface area contributed by atoms with Gasteiger partial charge in [0.15, 0.2) is 0 Å². The van der Waals surface area contributed by atoms with Crippen LogP contribution in [0, 0.1) is 0 Å². The minimum absolute atomic E-state index is 0.535. The Balaban J connectivity index is 2.15. The number of benzene rings is 1. The molecule has 1 aliphatic rings. The SMILES string of the molecule is COc1cc(N2CCC(NC(C)C)C2)c(Br)cc1Br. The highest BCUT2D eigenvalue weighted by Gasteiger charge is 2.25. The Kier molecular flexibility index (Phi) is 5.15. The lowest BCUT2D eigenvalue weighted by atomic mass is 10.2. The largest absolute Gasteiger partial charge is 0.495 e. The van der Waals surface area contributed by atoms with Crippen LogP contribution in [-0.2, 0) is 0 Å². The first-order valence-electron chi connectivity index (χ1n) is 6.55. The summed E-state index contributed by atoms with van der Waals surface area (Å²) in [5, 5.41) is 3.60. The Hall–Kier alpha value is -0.260. The summed E-state index contributed by atoms with van der Waals surface area (Å²) in [7, 11) is 1.70. The lowest BCUT2D eigenvalue weighted by molar-refractivity contribution is 0.412. The molecule has 1 unspecified atom stereocenters. The molecule has 1 aliphatic heterocycles. The number of halogens is 2. The van der Waals surface area contributed by atoms with Crippen LogP contribution in [0.1, 0.15) is 20.3 Å². The standard InChI is InChI=1S/C14H20Br2N2O/c1-9(2)17-10-4-5-18(8-10)13-7-14(19-3)12(16)6-11(13)15/h6-7,9-10,17H,4-5,8H2,1-3H3. The number of nitrogens with one attached hydrogen (secondary N) is 1. The number of ether oxygens (including phenoxy) is 1. The van der Waals surface area contributed by atoms with Crippen LogP contribution < -0.4 is 15.0 Å². The maximum Gasteiger partial charge on any atom is 0.135 e. The van der Waals surface area contributed by atoms with Crippen LogP contribution in [0.4, 0.5) is 5.69 Å². The average molecular weight is 392 g/mol. The Bertz CT molecular complexity index is 451. The molecule has 1 fully saturated rings. The second-order valence-electron chi connectivity index (χ2n) is 5.19. The molecule has 3 nitrogen and oxygen atoms in total. The van der Waals surface area contributed by atoms with Crippen molar-refractivity contribution >= 4 is 37.5 Å². The number of methoxy groups -OCH3 is 1. The van der Waals surface area contributed by atoms with E-state index < -0.39 is 0 Å². The molecule has 19 heavy (non-hydrogen) atoms. The molecule has 1 heterocycles. The van der Waals surface area contributed by atoms with Crippen LogP contribution in [0.5, 0.6) is 5.75 Å². The molecule has 1 N–H and O–H groups in total. The number of rotatable bonds is 4. The topological polar surface area (TPSA) is 24.5 Å². The molecule has 0 bridgehead atoms. The van der Waals surface area contributed by atoms with Gasteiger partial charge >= 0.3 is 0 Å². The summed E-state index contributed by atoms with van der Waals surface area (Å²) in [6.45, 7) is 6.51. The van der Waals surface area contributed by atoms with Gasteiger partial charge in [-0.1, -0.05) is 13.8 Å². The van der Waals surface area contributed by atoms with Crippen LogP contribution in [0.25, 0.3) is 0 Å². The van der Waals surface area contributed by atoms with E-state index in [0.717, 1.165) is 27.8 Å². The lowest BCUT2D eigenvalue weighted by Crippen LogP contribution is -2.37. The Labute approximate surface area is 132 Å². The highest BCUT2D eigenvalue weighted by Crippen LogP contribution is 2.37. The third kappa shape index (κ3) is 3.64. The normalized spacial score (nSPS) is 19.3. The van der Waals surface area contributed by atoms with Crippen LogP contribution in [0.3, 0.4) is 0 Å². The molecule has 0 spiro atoms. The molecule has 1 aromatic rings. The van der Waals surface area contributed by atoms with Crippen molar-refractivity contribution in [3.63, 3.8) is 0 Å². The highest BCUT2D eigenvalue weighted by atomic mass is 79.9. The quantitative estimate of drug-likeness (QED) is 0.844. The zero-order valence-electron chi connectivity index (χ0n) is 11.5. The maximum absolute atomic E-state index is 5.38. The maximum atomic E-state index is 5.38. The summed E-state index contributed by atoms with van der Waals surface area (Å²) in [5.74, 6) is 0.874. The molecule has 2 rings (SSSR count). The van der Waals surface area contributed by atoms with Gasteiger partial charge < -0.3 is 15.0 Å². The molecule has 0 aliphatic carbocycles. The molecule has 0 amide bonds. The fraction of sp³-hybridized carbons (Fsp3) is 0.571. The van der Waals surface area contributed by atoms with Crippen molar-refractivity contribution in [2.24, 2.45) is 0 Å². The third-order valence-electron chi connectivity index (χ3n) is 3.32. The Morgan fingerprint density at radius 2 is 2.05 bits per heavy atom. The predicted octanol–water partition coefficient (Wildman–Crippen LogP) is 3.80. The van der Waals surface area contributed by atoms with E-state index in [1.54, 1.807) is 7.11 Å². The van der Waals surface area contributed by atoms with Crippen LogP contribution in [0.15, 0.2) is 21.1 Å². The monoisotopic (exact) mass is 390 g/mol. The van der Waals surface area contributed by atoms with Crippen LogP contribution in [0.2, 0.25) is 0 Å². The first-order chi connectivity index (χ1) is 9.01. The van der Waals surface area contributed by atoms with Gasteiger partial charge in [-0.05, 0) is 44.3 Å². The van der Waals surface area contributed by atoms with Gasteiger partial charge in [0.05, 0.1) is 17.3 Å². The smallest absolute Gasteiger partial charge is 0.135 e. The van der Waals surface area contributed by atoms with Gasteiger partial charge in [-0.15, -0.1) is 0 Å². The molecule has 1 aromatic carbocycles. The van der Waals surface area contributed by atoms with E-state index in [-0.39, 0.29) is 0 Å². The van der Waals surface area contributed by atoms with Crippen molar-refractivity contribution in [1.82, 2.24) is 5.32 Å². The molecule has 0 saturated carbocycles. The van der Waals surface area contributed by atoms with E-state index in [1.165, 1.54) is 12.1 Å². The highest BCUT2D eigenvalue weighted by molar-refractivity contribution is 9.11. The first-order valence-corrected chi connectivity index (χ1v) is 8.14. The van der Waals surface area contributed by atoms with E-state index in [2.05, 4.69) is 68.1 Å². The summed E-state index contributed by atoms with van der Waals surface area (Å²) in [5.41, 5.74) is 1.20. The van der Waals surface area contributed by atoms with E-state index in [4.69, 9.17) is 4.74 Å². The van der Waals surface area contributed by atoms with Gasteiger partial charge in [-0.25, -0.2) is 0 Å². The summed E-state index contributed by atoms with van der Waals surface area (Å²) < 4.78 is 7.46. The fourth-order valence-corrected chi connectivity index (χ4v) is 3.91. The van der Waals surface area contributed by atoms with Gasteiger partial charge in [-0.2, -0.15) is 0 Å². The van der Waals surface area contributed by atoms with E-state index in [9.17, 15) is 0 Å². The second-order valence-corrected chi connectivity index (χ2v) is 6.90. The average Bonchev–Trinajstić information content (AvgIpc) is 2.76. The summed E-state index contributed by atoms with van der Waals surface area (Å²) in [4.78, 5) is 2.40. The third-order valence-corrected chi connectivity index (χ3v) is 4.57. The van der Waals surface area contributed by atoms with E-state index >= 15 is 0 Å². The molecule has 0 aromatic heterocycles. The predicted molar refractivity (Wildman–Crippen MR) is 87.3 cm³/mol. The van der Waals surface area contributed by atoms with Gasteiger partial charge in [0, 0.05) is 35.7 Å². The molecule has 1 saturated heterocycles. The van der Waals surface area contributed by atoms with E-state index in [1.807, 2.05) is 0 Å². The zero-order valence-corrected chi connectivity index (χ0v) is 14.7. The van der Waals surface area contributed by atoms with Gasteiger partial charge in [0.2, 0.25) is 0 Å². The minimum atomic E-state index is 0.535. The Morgan fingerprint density at radius 3 is 2.68 bits per heavy atom. The van der Waals surface area contributed by atoms with Crippen molar-refractivity contribution in [3.05, 3.63) is 21.1 Å². The van der Waals surface area contributed by atoms with Crippen molar-refractivity contribution in [3.8, 4) is 5.75 Å². The molecular formula is C14H20Br2N2O. The number of hydrogen-bond donors (Lipinski definition) is 1. The first kappa shape index (κ1) is 15.1. The number of anilines is 1. The van der Waals surface area contributed by atoms with Crippen LogP contribution >= 0.6 is 31.9 Å². The summed E-state index contributed by atoms with van der Waals surface area (Å²) >= 11 is 7.15. The van der Waals surface area contributed by atoms with Crippen molar-refractivity contribution < 1.29 is 4.74 Å². The summed E-state index contributed by atoms with van der Waals surface area (Å²) in [6, 6.07) is 5.25. The van der Waals surface area contributed by atoms with E-state index in [0.29, 0.717) is 12.1 Å². The number of hydrogen-bond acceptors (Lipinski definition) is 3. The number of nitrogens with zero attached hydrogens (tertiary/aromatic N) is 1. The lowest BCUT2D eigenvalue weighted by Gasteiger charge is -2.22. The second kappa shape index (κ2) is 6.46. The van der Waals surface area contributed by atoms with Crippen molar-refractivity contribution in [2.75, 3.05) is 25.1 Å². The van der Waals surface area contributed by atoms with Crippen molar-refractivity contribution in [1.29, 1.82) is 0 Å². The molecule has 106 valence electrons. The van der Waals surface area contributed by atoms with Gasteiger partial charge in [-0.3, -0.25) is 0 Å². The zero-order chi connectivity index (χ0) is 14.0. The fourth-order valence-electron chi connectivity index (χ4n) is 2.50. The van der Waals surface area contributed by atoms with Crippen molar-refractivity contribution in [2.45, 2.75) is 32.4 Å². The molecule has 1 atom stereocenters. The van der Waals surface area contributed by atoms with Gasteiger partial charge in [0.1, 0.15) is 5.75 Å². The Morgan fingerprint density at radius 1 is 1.32 bits per heavy atom. The minimum Gasteiger partial charge on any atom is -0.495 e. The summed E-state index contributed by atoms with van der Waals surface area (Å²) in [6.07, 6.45) is 1.18. The van der Waals surface area contributed by atoms with Crippen LogP contribution in [-0.4, -0.2) is 32.3 Å².